The molecule has 3 rings (SSSR count). The van der Waals surface area contributed by atoms with Gasteiger partial charge in [0.1, 0.15) is 5.82 Å². The molecule has 0 bridgehead atoms. The highest BCUT2D eigenvalue weighted by atomic mass is 32.2. The maximum absolute atomic E-state index is 13.7. The Kier molecular flexibility index (Phi) is 6.58. The Morgan fingerprint density at radius 1 is 1.26 bits per heavy atom. The number of thioether (sulfide) groups is 1. The molecule has 2 N–H and O–H groups in total. The summed E-state index contributed by atoms with van der Waals surface area (Å²) in [6.07, 6.45) is 0.330. The van der Waals surface area contributed by atoms with E-state index in [4.69, 9.17) is 9.47 Å². The fourth-order valence-electron chi connectivity index (χ4n) is 2.84. The van der Waals surface area contributed by atoms with Gasteiger partial charge in [-0.1, -0.05) is 6.07 Å². The van der Waals surface area contributed by atoms with Gasteiger partial charge in [0.25, 0.3) is 0 Å². The molecule has 5 nitrogen and oxygen atoms in total. The predicted octanol–water partition coefficient (Wildman–Crippen LogP) is 3.97. The van der Waals surface area contributed by atoms with E-state index in [1.165, 1.54) is 18.2 Å². The van der Waals surface area contributed by atoms with Crippen LogP contribution in [-0.4, -0.2) is 37.1 Å². The number of amides is 1. The number of halogens is 1. The summed E-state index contributed by atoms with van der Waals surface area (Å²) in [7, 11) is 1.56. The average Bonchev–Trinajstić information content (AvgIpc) is 2.65. The smallest absolute Gasteiger partial charge is 0.226 e. The molecule has 1 aliphatic heterocycles. The van der Waals surface area contributed by atoms with Gasteiger partial charge in [0.05, 0.1) is 12.8 Å². The van der Waals surface area contributed by atoms with Crippen molar-refractivity contribution in [1.82, 2.24) is 5.32 Å². The third-order valence-corrected chi connectivity index (χ3v) is 5.32. The summed E-state index contributed by atoms with van der Waals surface area (Å²) in [5, 5.41) is 6.09. The Hall–Kier alpha value is -2.25. The number of nitrogens with one attached hydrogen (secondary N) is 2. The van der Waals surface area contributed by atoms with Gasteiger partial charge in [-0.2, -0.15) is 11.8 Å². The van der Waals surface area contributed by atoms with Crippen molar-refractivity contribution in [2.75, 3.05) is 30.5 Å². The molecule has 1 unspecified atom stereocenters. The zero-order valence-corrected chi connectivity index (χ0v) is 16.2. The van der Waals surface area contributed by atoms with E-state index in [9.17, 15) is 9.18 Å². The van der Waals surface area contributed by atoms with E-state index in [0.29, 0.717) is 29.4 Å². The molecule has 0 saturated carbocycles. The minimum Gasteiger partial charge on any atom is -0.493 e. The number of hydrogen-bond donors (Lipinski definition) is 2. The van der Waals surface area contributed by atoms with Gasteiger partial charge < -0.3 is 20.1 Å². The molecule has 1 fully saturated rings. The number of ether oxygens (including phenoxy) is 2. The summed E-state index contributed by atoms with van der Waals surface area (Å²) in [6.45, 7) is 2.84. The highest BCUT2D eigenvalue weighted by molar-refractivity contribution is 7.99. The largest absolute Gasteiger partial charge is 0.493 e. The van der Waals surface area contributed by atoms with Crippen LogP contribution in [0.25, 0.3) is 0 Å². The zero-order valence-electron chi connectivity index (χ0n) is 15.4. The van der Waals surface area contributed by atoms with Gasteiger partial charge in [0.15, 0.2) is 17.2 Å². The molecule has 0 spiro atoms. The molecule has 1 saturated heterocycles. The highest BCUT2D eigenvalue weighted by Crippen LogP contribution is 2.36. The van der Waals surface area contributed by atoms with Crippen LogP contribution in [0.4, 0.5) is 10.1 Å². The first-order valence-electron chi connectivity index (χ1n) is 8.78. The Bertz CT molecular complexity index is 810. The summed E-state index contributed by atoms with van der Waals surface area (Å²) >= 11 is 1.82. The number of anilines is 1. The van der Waals surface area contributed by atoms with Crippen LogP contribution >= 0.6 is 11.8 Å². The van der Waals surface area contributed by atoms with Gasteiger partial charge in [0, 0.05) is 36.6 Å². The van der Waals surface area contributed by atoms with Gasteiger partial charge >= 0.3 is 0 Å². The number of methoxy groups -OCH3 is 1. The highest BCUT2D eigenvalue weighted by Gasteiger charge is 2.18. The van der Waals surface area contributed by atoms with Gasteiger partial charge in [-0.25, -0.2) is 4.39 Å². The second-order valence-corrected chi connectivity index (χ2v) is 7.52. The molecule has 2 aromatic rings. The molecule has 0 radical (unpaired) electrons. The van der Waals surface area contributed by atoms with Crippen LogP contribution < -0.4 is 20.1 Å². The number of benzene rings is 2. The molecule has 0 aliphatic carbocycles. The summed E-state index contributed by atoms with van der Waals surface area (Å²) in [4.78, 5) is 12.4. The maximum Gasteiger partial charge on any atom is 0.226 e. The zero-order chi connectivity index (χ0) is 19.2. The lowest BCUT2D eigenvalue weighted by Crippen LogP contribution is -2.39. The Morgan fingerprint density at radius 2 is 2.07 bits per heavy atom. The number of carbonyl (C=O) groups is 1. The fourth-order valence-corrected chi connectivity index (χ4v) is 3.79. The van der Waals surface area contributed by atoms with E-state index < -0.39 is 5.82 Å². The molecule has 27 heavy (non-hydrogen) atoms. The van der Waals surface area contributed by atoms with Crippen molar-refractivity contribution >= 4 is 23.4 Å². The first-order chi connectivity index (χ1) is 13.0. The Balaban J connectivity index is 1.75. The Labute approximate surface area is 162 Å². The quantitative estimate of drug-likeness (QED) is 0.782. The molecule has 7 heteroatoms. The third-order valence-electron chi connectivity index (χ3n) is 4.18. The summed E-state index contributed by atoms with van der Waals surface area (Å²) < 4.78 is 25.0. The van der Waals surface area contributed by atoms with Crippen molar-refractivity contribution in [3.05, 3.63) is 47.8 Å². The molecule has 0 aromatic heterocycles. The first kappa shape index (κ1) is 19.5. The predicted molar refractivity (Wildman–Crippen MR) is 107 cm³/mol. The summed E-state index contributed by atoms with van der Waals surface area (Å²) in [6, 6.07) is 9.71. The molecule has 1 heterocycles. The van der Waals surface area contributed by atoms with Crippen LogP contribution in [0.5, 0.6) is 17.2 Å². The second kappa shape index (κ2) is 9.10. The van der Waals surface area contributed by atoms with Crippen LogP contribution in [0.3, 0.4) is 0 Å². The lowest BCUT2D eigenvalue weighted by molar-refractivity contribution is -0.116. The van der Waals surface area contributed by atoms with Crippen LogP contribution in [-0.2, 0) is 4.79 Å². The first-order valence-corrected chi connectivity index (χ1v) is 9.93. The standard InChI is InChI=1S/C20H23FN2O3S/c1-13-3-5-18(19(9-13)25-2)26-17-6-4-14(21)10-16(17)23-20(24)11-15-12-27-8-7-22-15/h3-6,9-10,15,22H,7-8,11-12H2,1-2H3,(H,23,24). The van der Waals surface area contributed by atoms with E-state index in [1.54, 1.807) is 13.2 Å². The SMILES string of the molecule is COc1cc(C)ccc1Oc1ccc(F)cc1NC(=O)CC1CSCCN1. The van der Waals surface area contributed by atoms with Crippen molar-refractivity contribution < 1.29 is 18.7 Å². The monoisotopic (exact) mass is 390 g/mol. The van der Waals surface area contributed by atoms with E-state index in [-0.39, 0.29) is 11.9 Å². The lowest BCUT2D eigenvalue weighted by atomic mass is 10.2. The van der Waals surface area contributed by atoms with Crippen LogP contribution in [0.1, 0.15) is 12.0 Å². The van der Waals surface area contributed by atoms with E-state index in [0.717, 1.165) is 23.6 Å². The van der Waals surface area contributed by atoms with Gasteiger partial charge in [-0.3, -0.25) is 4.79 Å². The van der Waals surface area contributed by atoms with Crippen molar-refractivity contribution in [3.63, 3.8) is 0 Å². The van der Waals surface area contributed by atoms with E-state index in [2.05, 4.69) is 10.6 Å². The number of rotatable bonds is 6. The van der Waals surface area contributed by atoms with Crippen LogP contribution in [0.2, 0.25) is 0 Å². The number of aryl methyl sites for hydroxylation is 1. The van der Waals surface area contributed by atoms with Crippen LogP contribution in [0.15, 0.2) is 36.4 Å². The minimum absolute atomic E-state index is 0.124. The molecule has 1 aliphatic rings. The fraction of sp³-hybridized carbons (Fsp3) is 0.350. The number of hydrogen-bond acceptors (Lipinski definition) is 5. The topological polar surface area (TPSA) is 59.6 Å². The Morgan fingerprint density at radius 3 is 2.81 bits per heavy atom. The van der Waals surface area contributed by atoms with Crippen molar-refractivity contribution in [1.29, 1.82) is 0 Å². The van der Waals surface area contributed by atoms with E-state index >= 15 is 0 Å². The van der Waals surface area contributed by atoms with Crippen molar-refractivity contribution in [3.8, 4) is 17.2 Å². The molecule has 1 atom stereocenters. The van der Waals surface area contributed by atoms with Gasteiger partial charge in [0.2, 0.25) is 5.91 Å². The maximum atomic E-state index is 13.7. The normalized spacial score (nSPS) is 16.6. The second-order valence-electron chi connectivity index (χ2n) is 6.38. The molecule has 2 aromatic carbocycles. The molecule has 144 valence electrons. The van der Waals surface area contributed by atoms with E-state index in [1.807, 2.05) is 30.8 Å². The van der Waals surface area contributed by atoms with Gasteiger partial charge in [-0.15, -0.1) is 0 Å². The van der Waals surface area contributed by atoms with Crippen LogP contribution in [0, 0.1) is 12.7 Å². The molecular weight excluding hydrogens is 367 g/mol. The molecular formula is C20H23FN2O3S. The van der Waals surface area contributed by atoms with Gasteiger partial charge in [-0.05, 0) is 36.8 Å². The van der Waals surface area contributed by atoms with Crippen molar-refractivity contribution in [2.45, 2.75) is 19.4 Å². The minimum atomic E-state index is -0.445. The summed E-state index contributed by atoms with van der Waals surface area (Å²) in [5.74, 6) is 2.74. The third kappa shape index (κ3) is 5.37. The molecule has 1 amide bonds. The number of carbonyl (C=O) groups excluding carboxylic acids is 1. The summed E-state index contributed by atoms with van der Waals surface area (Å²) in [5.41, 5.74) is 1.33. The average molecular weight is 390 g/mol. The lowest BCUT2D eigenvalue weighted by Gasteiger charge is -2.22. The van der Waals surface area contributed by atoms with Crippen molar-refractivity contribution in [2.24, 2.45) is 0 Å².